The van der Waals surface area contributed by atoms with Gasteiger partial charge in [-0.05, 0) is 26.3 Å². The Bertz CT molecular complexity index is 349. The van der Waals surface area contributed by atoms with Gasteiger partial charge in [-0.15, -0.1) is 0 Å². The molecule has 1 atom stereocenters. The van der Waals surface area contributed by atoms with Crippen LogP contribution in [0.4, 0.5) is 0 Å². The molecule has 0 aromatic carbocycles. The van der Waals surface area contributed by atoms with Crippen LogP contribution in [0.25, 0.3) is 0 Å². The molecule has 1 N–H and O–H groups in total. The summed E-state index contributed by atoms with van der Waals surface area (Å²) >= 11 is 1.30. The predicted octanol–water partition coefficient (Wildman–Crippen LogP) is 1.36. The number of hydrogen-bond donors (Lipinski definition) is 1. The van der Waals surface area contributed by atoms with Crippen molar-refractivity contribution in [2.45, 2.75) is 38.8 Å². The molecule has 0 radical (unpaired) electrons. The summed E-state index contributed by atoms with van der Waals surface area (Å²) in [5.74, 6) is 0. The highest BCUT2D eigenvalue weighted by Gasteiger charge is 2.14. The summed E-state index contributed by atoms with van der Waals surface area (Å²) in [7, 11) is 0. The first-order valence-electron chi connectivity index (χ1n) is 5.15. The summed E-state index contributed by atoms with van der Waals surface area (Å²) in [4.78, 5) is 11.6. The topological polar surface area (TPSA) is 34.0 Å². The zero-order valence-electron chi connectivity index (χ0n) is 8.45. The Balaban J connectivity index is 2.06. The lowest BCUT2D eigenvalue weighted by molar-refractivity contribution is 0.359. The number of hydrogen-bond acceptors (Lipinski definition) is 3. The first-order chi connectivity index (χ1) is 6.77. The molecule has 78 valence electrons. The highest BCUT2D eigenvalue weighted by Crippen LogP contribution is 2.10. The number of rotatable bonds is 2. The van der Waals surface area contributed by atoms with Gasteiger partial charge < -0.3 is 9.88 Å². The summed E-state index contributed by atoms with van der Waals surface area (Å²) in [6, 6.07) is 0.495. The van der Waals surface area contributed by atoms with Crippen LogP contribution in [0.1, 0.15) is 25.0 Å². The lowest BCUT2D eigenvalue weighted by Crippen LogP contribution is -2.39. The average Bonchev–Trinajstić information content (AvgIpc) is 2.51. The Kier molecular flexibility index (Phi) is 3.03. The number of piperidine rings is 1. The minimum atomic E-state index is 0.176. The fourth-order valence-electron chi connectivity index (χ4n) is 1.93. The quantitative estimate of drug-likeness (QED) is 0.803. The van der Waals surface area contributed by atoms with E-state index in [1.165, 1.54) is 30.6 Å². The summed E-state index contributed by atoms with van der Waals surface area (Å²) in [6.45, 7) is 3.94. The highest BCUT2D eigenvalue weighted by molar-refractivity contribution is 7.07. The van der Waals surface area contributed by atoms with Crippen LogP contribution in [0.5, 0.6) is 0 Å². The normalized spacial score (nSPS) is 22.5. The van der Waals surface area contributed by atoms with Crippen molar-refractivity contribution in [3.63, 3.8) is 0 Å². The molecule has 1 saturated heterocycles. The van der Waals surface area contributed by atoms with Gasteiger partial charge in [0.1, 0.15) is 0 Å². The minimum Gasteiger partial charge on any atom is -0.312 e. The van der Waals surface area contributed by atoms with E-state index in [1.807, 2.05) is 16.9 Å². The molecular formula is C10H16N2OS. The Morgan fingerprint density at radius 1 is 1.64 bits per heavy atom. The molecule has 1 aliphatic heterocycles. The van der Waals surface area contributed by atoms with Crippen molar-refractivity contribution in [1.29, 1.82) is 0 Å². The van der Waals surface area contributed by atoms with E-state index < -0.39 is 0 Å². The molecule has 2 rings (SSSR count). The summed E-state index contributed by atoms with van der Waals surface area (Å²) in [5.41, 5.74) is 1.09. The standard InChI is InChI=1S/C10H16N2OS/c1-8-7-14-10(13)12(8)6-9-4-2-3-5-11-9/h7,9,11H,2-6H2,1H3. The van der Waals surface area contributed by atoms with Gasteiger partial charge in [0, 0.05) is 23.7 Å². The van der Waals surface area contributed by atoms with Gasteiger partial charge in [-0.2, -0.15) is 0 Å². The van der Waals surface area contributed by atoms with Crippen molar-refractivity contribution in [2.24, 2.45) is 0 Å². The number of thiazole rings is 1. The van der Waals surface area contributed by atoms with E-state index in [0.29, 0.717) is 6.04 Å². The van der Waals surface area contributed by atoms with Crippen molar-refractivity contribution in [1.82, 2.24) is 9.88 Å². The molecule has 0 amide bonds. The van der Waals surface area contributed by atoms with E-state index in [9.17, 15) is 4.79 Å². The number of nitrogens with one attached hydrogen (secondary N) is 1. The van der Waals surface area contributed by atoms with Crippen LogP contribution in [0.2, 0.25) is 0 Å². The smallest absolute Gasteiger partial charge is 0.307 e. The van der Waals surface area contributed by atoms with Crippen LogP contribution in [-0.2, 0) is 6.54 Å². The summed E-state index contributed by atoms with van der Waals surface area (Å²) in [5, 5.41) is 5.39. The van der Waals surface area contributed by atoms with Crippen molar-refractivity contribution >= 4 is 11.3 Å². The maximum atomic E-state index is 11.5. The van der Waals surface area contributed by atoms with Gasteiger partial charge in [0.2, 0.25) is 0 Å². The lowest BCUT2D eigenvalue weighted by atomic mass is 10.1. The SMILES string of the molecule is Cc1csc(=O)n1CC1CCCCN1. The third kappa shape index (κ3) is 2.07. The zero-order valence-corrected chi connectivity index (χ0v) is 9.27. The Morgan fingerprint density at radius 2 is 2.50 bits per heavy atom. The largest absolute Gasteiger partial charge is 0.312 e. The molecule has 0 saturated carbocycles. The van der Waals surface area contributed by atoms with Crippen LogP contribution in [0, 0.1) is 6.92 Å². The third-order valence-electron chi connectivity index (χ3n) is 2.79. The first-order valence-corrected chi connectivity index (χ1v) is 6.03. The van der Waals surface area contributed by atoms with Gasteiger partial charge in [0.05, 0.1) is 0 Å². The zero-order chi connectivity index (χ0) is 9.97. The van der Waals surface area contributed by atoms with Crippen LogP contribution in [0.3, 0.4) is 0 Å². The van der Waals surface area contributed by atoms with Gasteiger partial charge in [-0.1, -0.05) is 17.8 Å². The number of nitrogens with zero attached hydrogens (tertiary/aromatic N) is 1. The number of aromatic nitrogens is 1. The molecule has 0 aliphatic carbocycles. The Morgan fingerprint density at radius 3 is 3.07 bits per heavy atom. The van der Waals surface area contributed by atoms with Crippen molar-refractivity contribution in [2.75, 3.05) is 6.54 Å². The molecular weight excluding hydrogens is 196 g/mol. The Labute approximate surface area is 87.8 Å². The highest BCUT2D eigenvalue weighted by atomic mass is 32.1. The molecule has 1 aromatic heterocycles. The van der Waals surface area contributed by atoms with Crippen molar-refractivity contribution < 1.29 is 0 Å². The molecule has 0 bridgehead atoms. The minimum absolute atomic E-state index is 0.176. The van der Waals surface area contributed by atoms with Gasteiger partial charge in [-0.25, -0.2) is 0 Å². The first kappa shape index (κ1) is 9.93. The van der Waals surface area contributed by atoms with Crippen LogP contribution >= 0.6 is 11.3 Å². The van der Waals surface area contributed by atoms with Gasteiger partial charge in [0.15, 0.2) is 0 Å². The maximum Gasteiger partial charge on any atom is 0.307 e. The van der Waals surface area contributed by atoms with E-state index in [4.69, 9.17) is 0 Å². The second-order valence-electron chi connectivity index (χ2n) is 3.90. The monoisotopic (exact) mass is 212 g/mol. The van der Waals surface area contributed by atoms with Gasteiger partial charge in [-0.3, -0.25) is 4.79 Å². The van der Waals surface area contributed by atoms with Crippen molar-refractivity contribution in [3.05, 3.63) is 20.7 Å². The van der Waals surface area contributed by atoms with E-state index in [0.717, 1.165) is 18.8 Å². The van der Waals surface area contributed by atoms with Crippen LogP contribution in [0.15, 0.2) is 10.2 Å². The number of aryl methyl sites for hydroxylation is 1. The fraction of sp³-hybridized carbons (Fsp3) is 0.700. The summed E-state index contributed by atoms with van der Waals surface area (Å²) in [6.07, 6.45) is 3.76. The van der Waals surface area contributed by atoms with E-state index in [-0.39, 0.29) is 4.87 Å². The Hall–Kier alpha value is -0.610. The molecule has 1 aliphatic rings. The predicted molar refractivity (Wildman–Crippen MR) is 59.0 cm³/mol. The second-order valence-corrected chi connectivity index (χ2v) is 4.72. The average molecular weight is 212 g/mol. The van der Waals surface area contributed by atoms with Gasteiger partial charge in [0.25, 0.3) is 0 Å². The molecule has 14 heavy (non-hydrogen) atoms. The molecule has 1 fully saturated rings. The molecule has 4 heteroatoms. The van der Waals surface area contributed by atoms with Crippen LogP contribution < -0.4 is 10.2 Å². The second kappa shape index (κ2) is 4.28. The maximum absolute atomic E-state index is 11.5. The van der Waals surface area contributed by atoms with E-state index in [1.54, 1.807) is 0 Å². The molecule has 3 nitrogen and oxygen atoms in total. The van der Waals surface area contributed by atoms with Crippen LogP contribution in [-0.4, -0.2) is 17.2 Å². The fourth-order valence-corrected chi connectivity index (χ4v) is 2.67. The van der Waals surface area contributed by atoms with Crippen molar-refractivity contribution in [3.8, 4) is 0 Å². The molecule has 0 spiro atoms. The summed E-state index contributed by atoms with van der Waals surface area (Å²) < 4.78 is 1.88. The van der Waals surface area contributed by atoms with E-state index in [2.05, 4.69) is 5.32 Å². The molecule has 2 heterocycles. The van der Waals surface area contributed by atoms with Gasteiger partial charge >= 0.3 is 4.87 Å². The van der Waals surface area contributed by atoms with E-state index >= 15 is 0 Å². The molecule has 1 aromatic rings. The third-order valence-corrected chi connectivity index (χ3v) is 3.67. The lowest BCUT2D eigenvalue weighted by Gasteiger charge is -2.23. The molecule has 1 unspecified atom stereocenters.